The number of carboxylic acids is 1. The Bertz CT molecular complexity index is 468. The van der Waals surface area contributed by atoms with Crippen LogP contribution in [-0.2, 0) is 11.3 Å². The molecule has 0 aliphatic carbocycles. The van der Waals surface area contributed by atoms with Crippen molar-refractivity contribution in [3.05, 3.63) is 16.6 Å². The average Bonchev–Trinajstić information content (AvgIpc) is 2.78. The smallest absolute Gasteiger partial charge is 0.317 e. The molecule has 7 heteroatoms. The van der Waals surface area contributed by atoms with E-state index in [2.05, 4.69) is 10.3 Å². The zero-order chi connectivity index (χ0) is 16.0. The maximum Gasteiger partial charge on any atom is 0.317 e. The van der Waals surface area contributed by atoms with E-state index in [1.807, 2.05) is 26.2 Å². The van der Waals surface area contributed by atoms with Gasteiger partial charge in [-0.15, -0.1) is 11.3 Å². The summed E-state index contributed by atoms with van der Waals surface area (Å²) in [5.74, 6) is -0.910. The normalized spacial score (nSPS) is 12.8. The van der Waals surface area contributed by atoms with E-state index in [9.17, 15) is 9.59 Å². The van der Waals surface area contributed by atoms with Gasteiger partial charge in [0.25, 0.3) is 0 Å². The van der Waals surface area contributed by atoms with E-state index in [1.165, 1.54) is 16.2 Å². The second-order valence-electron chi connectivity index (χ2n) is 6.34. The number of nitrogens with one attached hydrogen (secondary N) is 1. The predicted octanol–water partition coefficient (Wildman–Crippen LogP) is 2.56. The van der Waals surface area contributed by atoms with Crippen LogP contribution >= 0.6 is 11.3 Å². The largest absolute Gasteiger partial charge is 0.481 e. The zero-order valence-corrected chi connectivity index (χ0v) is 13.7. The van der Waals surface area contributed by atoms with E-state index < -0.39 is 5.97 Å². The van der Waals surface area contributed by atoms with Gasteiger partial charge in [0.05, 0.1) is 24.2 Å². The number of urea groups is 1. The van der Waals surface area contributed by atoms with Crippen molar-refractivity contribution in [1.82, 2.24) is 15.2 Å². The zero-order valence-electron chi connectivity index (χ0n) is 12.9. The van der Waals surface area contributed by atoms with Gasteiger partial charge < -0.3 is 15.3 Å². The van der Waals surface area contributed by atoms with E-state index in [0.717, 1.165) is 5.69 Å². The minimum absolute atomic E-state index is 0.0547. The molecule has 0 spiro atoms. The molecule has 0 saturated carbocycles. The molecule has 0 radical (unpaired) electrons. The van der Waals surface area contributed by atoms with E-state index in [-0.39, 0.29) is 23.9 Å². The van der Waals surface area contributed by atoms with Crippen LogP contribution in [0.1, 0.15) is 39.3 Å². The second kappa shape index (κ2) is 7.40. The Balaban J connectivity index is 2.59. The highest BCUT2D eigenvalue weighted by Crippen LogP contribution is 2.22. The first-order valence-corrected chi connectivity index (χ1v) is 7.72. The van der Waals surface area contributed by atoms with Gasteiger partial charge in [0.1, 0.15) is 0 Å². The fourth-order valence-corrected chi connectivity index (χ4v) is 2.59. The third-order valence-electron chi connectivity index (χ3n) is 2.84. The highest BCUT2D eigenvalue weighted by Gasteiger charge is 2.24. The molecule has 0 aromatic carbocycles. The number of amides is 2. The number of carboxylic acid groups (broad SMARTS) is 1. The number of hydrogen-bond donors (Lipinski definition) is 2. The van der Waals surface area contributed by atoms with E-state index >= 15 is 0 Å². The SMILES string of the molecule is CN(Cc1cscn1)C(=O)NC(CC(=O)O)CC(C)(C)C. The molecule has 0 bridgehead atoms. The third kappa shape index (κ3) is 7.08. The quantitative estimate of drug-likeness (QED) is 0.845. The van der Waals surface area contributed by atoms with Crippen molar-refractivity contribution >= 4 is 23.3 Å². The lowest BCUT2D eigenvalue weighted by Gasteiger charge is -2.27. The van der Waals surface area contributed by atoms with Crippen molar-refractivity contribution in [2.75, 3.05) is 7.05 Å². The predicted molar refractivity (Wildman–Crippen MR) is 82.2 cm³/mol. The maximum atomic E-state index is 12.1. The summed E-state index contributed by atoms with van der Waals surface area (Å²) in [5, 5.41) is 13.6. The molecule has 0 aliphatic rings. The Labute approximate surface area is 129 Å². The van der Waals surface area contributed by atoms with E-state index in [4.69, 9.17) is 5.11 Å². The van der Waals surface area contributed by atoms with E-state index in [0.29, 0.717) is 13.0 Å². The Hall–Kier alpha value is -1.63. The monoisotopic (exact) mass is 313 g/mol. The van der Waals surface area contributed by atoms with Crippen LogP contribution in [0.5, 0.6) is 0 Å². The van der Waals surface area contributed by atoms with Crippen LogP contribution < -0.4 is 5.32 Å². The van der Waals surface area contributed by atoms with Gasteiger partial charge >= 0.3 is 12.0 Å². The molecular weight excluding hydrogens is 290 g/mol. The van der Waals surface area contributed by atoms with Crippen molar-refractivity contribution in [3.63, 3.8) is 0 Å². The van der Waals surface area contributed by atoms with Crippen LogP contribution in [-0.4, -0.2) is 40.1 Å². The molecule has 1 atom stereocenters. The minimum Gasteiger partial charge on any atom is -0.481 e. The Morgan fingerprint density at radius 2 is 2.14 bits per heavy atom. The molecule has 6 nitrogen and oxygen atoms in total. The summed E-state index contributed by atoms with van der Waals surface area (Å²) < 4.78 is 0. The van der Waals surface area contributed by atoms with Crippen molar-refractivity contribution in [2.24, 2.45) is 5.41 Å². The van der Waals surface area contributed by atoms with Crippen LogP contribution in [0.25, 0.3) is 0 Å². The molecular formula is C14H23N3O3S. The number of aliphatic carboxylic acids is 1. The first-order chi connectivity index (χ1) is 9.67. The molecule has 1 unspecified atom stereocenters. The van der Waals surface area contributed by atoms with Gasteiger partial charge in [0, 0.05) is 18.5 Å². The maximum absolute atomic E-state index is 12.1. The summed E-state index contributed by atoms with van der Waals surface area (Å²) in [7, 11) is 1.67. The summed E-state index contributed by atoms with van der Waals surface area (Å²) in [6.07, 6.45) is 0.531. The molecule has 118 valence electrons. The fraction of sp³-hybridized carbons (Fsp3) is 0.643. The van der Waals surface area contributed by atoms with Gasteiger partial charge in [-0.1, -0.05) is 20.8 Å². The second-order valence-corrected chi connectivity index (χ2v) is 7.06. The number of carbonyl (C=O) groups is 2. The molecule has 21 heavy (non-hydrogen) atoms. The highest BCUT2D eigenvalue weighted by molar-refractivity contribution is 7.07. The molecule has 1 aromatic heterocycles. The topological polar surface area (TPSA) is 82.5 Å². The number of rotatable bonds is 6. The number of nitrogens with zero attached hydrogens (tertiary/aromatic N) is 2. The van der Waals surface area contributed by atoms with Crippen molar-refractivity contribution in [3.8, 4) is 0 Å². The van der Waals surface area contributed by atoms with Crippen LogP contribution in [0.2, 0.25) is 0 Å². The Morgan fingerprint density at radius 1 is 1.48 bits per heavy atom. The summed E-state index contributed by atoms with van der Waals surface area (Å²) in [4.78, 5) is 28.7. The van der Waals surface area contributed by atoms with E-state index in [1.54, 1.807) is 12.6 Å². The van der Waals surface area contributed by atoms with Gasteiger partial charge in [0.15, 0.2) is 0 Å². The lowest BCUT2D eigenvalue weighted by Crippen LogP contribution is -2.45. The molecule has 1 heterocycles. The molecule has 0 aliphatic heterocycles. The Morgan fingerprint density at radius 3 is 2.62 bits per heavy atom. The van der Waals surface area contributed by atoms with Gasteiger partial charge in [-0.05, 0) is 11.8 Å². The van der Waals surface area contributed by atoms with Crippen LogP contribution in [0.3, 0.4) is 0 Å². The highest BCUT2D eigenvalue weighted by atomic mass is 32.1. The standard InChI is InChI=1S/C14H23N3O3S/c1-14(2,3)6-10(5-12(18)19)16-13(20)17(4)7-11-8-21-9-15-11/h8-10H,5-7H2,1-4H3,(H,16,20)(H,18,19). The number of carbonyl (C=O) groups excluding carboxylic acids is 1. The van der Waals surface area contributed by atoms with Crippen LogP contribution in [0.15, 0.2) is 10.9 Å². The van der Waals surface area contributed by atoms with Crippen LogP contribution in [0.4, 0.5) is 4.79 Å². The number of hydrogen-bond acceptors (Lipinski definition) is 4. The summed E-state index contributed by atoms with van der Waals surface area (Å²) in [6, 6.07) is -0.661. The first kappa shape index (κ1) is 17.4. The van der Waals surface area contributed by atoms with Crippen molar-refractivity contribution in [2.45, 2.75) is 46.2 Å². The molecule has 0 saturated heterocycles. The third-order valence-corrected chi connectivity index (χ3v) is 3.47. The molecule has 2 N–H and O–H groups in total. The van der Waals surface area contributed by atoms with Crippen LogP contribution in [0, 0.1) is 5.41 Å². The molecule has 1 aromatic rings. The molecule has 1 rings (SSSR count). The van der Waals surface area contributed by atoms with Gasteiger partial charge in [-0.25, -0.2) is 9.78 Å². The Kier molecular flexibility index (Phi) is 6.14. The first-order valence-electron chi connectivity index (χ1n) is 6.78. The van der Waals surface area contributed by atoms with Gasteiger partial charge in [-0.2, -0.15) is 0 Å². The van der Waals surface area contributed by atoms with Gasteiger partial charge in [0.2, 0.25) is 0 Å². The average molecular weight is 313 g/mol. The van der Waals surface area contributed by atoms with Crippen molar-refractivity contribution in [1.29, 1.82) is 0 Å². The van der Waals surface area contributed by atoms with Crippen molar-refractivity contribution < 1.29 is 14.7 Å². The number of thiazole rings is 1. The fourth-order valence-electron chi connectivity index (χ4n) is 2.04. The minimum atomic E-state index is -0.910. The molecule has 0 fully saturated rings. The van der Waals surface area contributed by atoms with Gasteiger partial charge in [-0.3, -0.25) is 4.79 Å². The summed E-state index contributed by atoms with van der Waals surface area (Å²) in [5.41, 5.74) is 2.48. The summed E-state index contributed by atoms with van der Waals surface area (Å²) >= 11 is 1.48. The lowest BCUT2D eigenvalue weighted by molar-refractivity contribution is -0.137. The number of aromatic nitrogens is 1. The summed E-state index contributed by atoms with van der Waals surface area (Å²) in [6.45, 7) is 6.47. The molecule has 2 amide bonds. The lowest BCUT2D eigenvalue weighted by atomic mass is 9.87.